The number of anilines is 1. The second kappa shape index (κ2) is 3.07. The summed E-state index contributed by atoms with van der Waals surface area (Å²) in [5.41, 5.74) is 3.81. The van der Waals surface area contributed by atoms with Crippen LogP contribution in [0.15, 0.2) is 18.2 Å². The molecule has 0 bridgehead atoms. The summed E-state index contributed by atoms with van der Waals surface area (Å²) in [7, 11) is 0. The smallest absolute Gasteiger partial charge is 0.193 e. The Kier molecular flexibility index (Phi) is 2.04. The van der Waals surface area contributed by atoms with Crippen LogP contribution < -0.4 is 4.31 Å². The van der Waals surface area contributed by atoms with Crippen LogP contribution in [0.2, 0.25) is 0 Å². The molecule has 0 radical (unpaired) electrons. The molecule has 1 aromatic rings. The van der Waals surface area contributed by atoms with E-state index >= 15 is 0 Å². The van der Waals surface area contributed by atoms with Crippen molar-refractivity contribution < 1.29 is 0 Å². The highest BCUT2D eigenvalue weighted by atomic mass is 32.2. The molecule has 0 atom stereocenters. The lowest BCUT2D eigenvalue weighted by Gasteiger charge is -2.09. The SMILES string of the molecule is CCc1cccc(C)c1N1SC1=N. The monoisotopic (exact) mass is 192 g/mol. The van der Waals surface area contributed by atoms with Crippen molar-refractivity contribution in [3.8, 4) is 0 Å². The predicted molar refractivity (Wildman–Crippen MR) is 58.4 cm³/mol. The van der Waals surface area contributed by atoms with Gasteiger partial charge in [0, 0.05) is 11.9 Å². The van der Waals surface area contributed by atoms with Crippen LogP contribution in [0.3, 0.4) is 0 Å². The minimum atomic E-state index is 0.656. The van der Waals surface area contributed by atoms with Crippen LogP contribution in [0.4, 0.5) is 5.69 Å². The maximum Gasteiger partial charge on any atom is 0.193 e. The molecule has 1 aromatic carbocycles. The molecular formula is C10H12N2S. The molecule has 3 heteroatoms. The van der Waals surface area contributed by atoms with Gasteiger partial charge in [-0.1, -0.05) is 25.1 Å². The first-order valence-electron chi connectivity index (χ1n) is 4.39. The predicted octanol–water partition coefficient (Wildman–Crippen LogP) is 2.96. The lowest BCUT2D eigenvalue weighted by molar-refractivity contribution is 1.13. The largest absolute Gasteiger partial charge is 0.276 e. The van der Waals surface area contributed by atoms with Crippen molar-refractivity contribution in [1.82, 2.24) is 0 Å². The van der Waals surface area contributed by atoms with E-state index in [4.69, 9.17) is 5.41 Å². The minimum absolute atomic E-state index is 0.656. The molecule has 1 fully saturated rings. The number of hydrogen-bond acceptors (Lipinski definition) is 2. The molecule has 2 nitrogen and oxygen atoms in total. The first kappa shape index (κ1) is 8.63. The molecule has 0 aromatic heterocycles. The molecule has 1 saturated heterocycles. The Morgan fingerprint density at radius 3 is 2.69 bits per heavy atom. The van der Waals surface area contributed by atoms with Crippen molar-refractivity contribution in [2.24, 2.45) is 0 Å². The average molecular weight is 192 g/mol. The summed E-state index contributed by atoms with van der Waals surface area (Å²) in [6.45, 7) is 4.25. The van der Waals surface area contributed by atoms with Crippen LogP contribution >= 0.6 is 11.9 Å². The normalized spacial score (nSPS) is 14.9. The number of aryl methyl sites for hydroxylation is 2. The zero-order chi connectivity index (χ0) is 9.42. The molecule has 0 saturated carbocycles. The van der Waals surface area contributed by atoms with Gasteiger partial charge >= 0.3 is 0 Å². The van der Waals surface area contributed by atoms with Crippen LogP contribution in [-0.4, -0.2) is 5.17 Å². The molecule has 1 heterocycles. The number of nitrogens with one attached hydrogen (secondary N) is 1. The van der Waals surface area contributed by atoms with Crippen LogP contribution in [-0.2, 0) is 6.42 Å². The molecule has 68 valence electrons. The number of amidine groups is 1. The van der Waals surface area contributed by atoms with Gasteiger partial charge in [-0.2, -0.15) is 0 Å². The van der Waals surface area contributed by atoms with E-state index in [1.807, 2.05) is 4.31 Å². The van der Waals surface area contributed by atoms with Gasteiger partial charge in [0.05, 0.1) is 5.69 Å². The van der Waals surface area contributed by atoms with Gasteiger partial charge in [-0.05, 0) is 24.5 Å². The standard InChI is InChI=1S/C10H12N2S/c1-3-8-6-4-5-7(2)9(8)12-10(11)13-12/h4-6,11H,3H2,1-2H3. The Bertz CT molecular complexity index is 360. The molecule has 2 rings (SSSR count). The second-order valence-corrected chi connectivity index (χ2v) is 4.06. The summed E-state index contributed by atoms with van der Waals surface area (Å²) >= 11 is 1.50. The zero-order valence-corrected chi connectivity index (χ0v) is 8.61. The molecule has 0 unspecified atom stereocenters. The minimum Gasteiger partial charge on any atom is -0.276 e. The Balaban J connectivity index is 2.46. The average Bonchev–Trinajstić information content (AvgIpc) is 2.82. The fourth-order valence-electron chi connectivity index (χ4n) is 1.51. The molecule has 0 aliphatic carbocycles. The van der Waals surface area contributed by atoms with E-state index in [0.717, 1.165) is 6.42 Å². The first-order valence-corrected chi connectivity index (χ1v) is 5.16. The third kappa shape index (κ3) is 1.44. The van der Waals surface area contributed by atoms with Crippen LogP contribution in [0.25, 0.3) is 0 Å². The maximum atomic E-state index is 7.46. The summed E-state index contributed by atoms with van der Waals surface area (Å²) in [5, 5.41) is 8.12. The zero-order valence-electron chi connectivity index (χ0n) is 7.79. The van der Waals surface area contributed by atoms with E-state index in [1.54, 1.807) is 0 Å². The summed E-state index contributed by atoms with van der Waals surface area (Å²) < 4.78 is 1.98. The van der Waals surface area contributed by atoms with Crippen LogP contribution in [0.1, 0.15) is 18.1 Å². The molecule has 0 spiro atoms. The number of para-hydroxylation sites is 1. The Hall–Kier alpha value is -0.960. The van der Waals surface area contributed by atoms with E-state index in [-0.39, 0.29) is 0 Å². The van der Waals surface area contributed by atoms with Gasteiger partial charge in [0.1, 0.15) is 0 Å². The molecule has 1 aliphatic rings. The maximum absolute atomic E-state index is 7.46. The molecular weight excluding hydrogens is 180 g/mol. The molecule has 1 N–H and O–H groups in total. The van der Waals surface area contributed by atoms with E-state index in [1.165, 1.54) is 28.8 Å². The fraction of sp³-hybridized carbons (Fsp3) is 0.300. The van der Waals surface area contributed by atoms with Gasteiger partial charge in [-0.25, -0.2) is 0 Å². The summed E-state index contributed by atoms with van der Waals surface area (Å²) in [5.74, 6) is 0. The summed E-state index contributed by atoms with van der Waals surface area (Å²) in [4.78, 5) is 0. The quantitative estimate of drug-likeness (QED) is 0.576. The van der Waals surface area contributed by atoms with Crippen molar-refractivity contribution in [2.75, 3.05) is 4.31 Å². The van der Waals surface area contributed by atoms with Gasteiger partial charge in [-0.15, -0.1) is 0 Å². The molecule has 1 aliphatic heterocycles. The lowest BCUT2D eigenvalue weighted by atomic mass is 10.1. The van der Waals surface area contributed by atoms with Gasteiger partial charge in [-0.3, -0.25) is 9.71 Å². The third-order valence-corrected chi connectivity index (χ3v) is 2.97. The summed E-state index contributed by atoms with van der Waals surface area (Å²) in [6, 6.07) is 6.31. The van der Waals surface area contributed by atoms with Gasteiger partial charge < -0.3 is 0 Å². The van der Waals surface area contributed by atoms with E-state index in [9.17, 15) is 0 Å². The Morgan fingerprint density at radius 2 is 2.15 bits per heavy atom. The van der Waals surface area contributed by atoms with Crippen molar-refractivity contribution in [3.63, 3.8) is 0 Å². The number of hydrogen-bond donors (Lipinski definition) is 1. The van der Waals surface area contributed by atoms with E-state index < -0.39 is 0 Å². The molecule has 0 amide bonds. The molecule has 13 heavy (non-hydrogen) atoms. The first-order chi connectivity index (χ1) is 6.24. The van der Waals surface area contributed by atoms with Crippen LogP contribution in [0.5, 0.6) is 0 Å². The van der Waals surface area contributed by atoms with Gasteiger partial charge in [0.15, 0.2) is 5.17 Å². The van der Waals surface area contributed by atoms with Gasteiger partial charge in [0.25, 0.3) is 0 Å². The highest BCUT2D eigenvalue weighted by Gasteiger charge is 2.32. The van der Waals surface area contributed by atoms with Crippen molar-refractivity contribution >= 4 is 22.8 Å². The lowest BCUT2D eigenvalue weighted by Crippen LogP contribution is -1.99. The number of nitrogens with zero attached hydrogens (tertiary/aromatic N) is 1. The number of rotatable bonds is 2. The number of benzene rings is 1. The van der Waals surface area contributed by atoms with E-state index in [0.29, 0.717) is 5.17 Å². The highest BCUT2D eigenvalue weighted by Crippen LogP contribution is 2.42. The van der Waals surface area contributed by atoms with Crippen molar-refractivity contribution in [2.45, 2.75) is 20.3 Å². The second-order valence-electron chi connectivity index (χ2n) is 3.13. The topological polar surface area (TPSA) is 26.9 Å². The fourth-order valence-corrected chi connectivity index (χ4v) is 2.08. The van der Waals surface area contributed by atoms with Gasteiger partial charge in [0.2, 0.25) is 0 Å². The van der Waals surface area contributed by atoms with Crippen molar-refractivity contribution in [3.05, 3.63) is 29.3 Å². The van der Waals surface area contributed by atoms with E-state index in [2.05, 4.69) is 32.0 Å². The highest BCUT2D eigenvalue weighted by molar-refractivity contribution is 8.26. The Labute approximate surface area is 82.6 Å². The summed E-state index contributed by atoms with van der Waals surface area (Å²) in [6.07, 6.45) is 1.03. The van der Waals surface area contributed by atoms with Crippen molar-refractivity contribution in [1.29, 1.82) is 5.41 Å². The third-order valence-electron chi connectivity index (χ3n) is 2.24. The van der Waals surface area contributed by atoms with Crippen LogP contribution in [0, 0.1) is 12.3 Å². The Morgan fingerprint density at radius 1 is 1.46 bits per heavy atom.